The summed E-state index contributed by atoms with van der Waals surface area (Å²) in [5.74, 6) is 0.627. The van der Waals surface area contributed by atoms with E-state index in [2.05, 4.69) is 35.6 Å². The predicted molar refractivity (Wildman–Crippen MR) is 71.2 cm³/mol. The zero-order valence-electron chi connectivity index (χ0n) is 9.18. The summed E-state index contributed by atoms with van der Waals surface area (Å²) in [6, 6.07) is 3.78. The average molecular weight is 315 g/mol. The SMILES string of the molecule is COCCNc1nc(-c2ncccc2Br)ns1. The van der Waals surface area contributed by atoms with E-state index in [4.69, 9.17) is 4.74 Å². The van der Waals surface area contributed by atoms with E-state index in [-0.39, 0.29) is 0 Å². The molecule has 0 fully saturated rings. The molecule has 0 aliphatic carbocycles. The van der Waals surface area contributed by atoms with Gasteiger partial charge in [0.25, 0.3) is 0 Å². The molecule has 90 valence electrons. The smallest absolute Gasteiger partial charge is 0.203 e. The number of nitrogens with zero attached hydrogens (tertiary/aromatic N) is 3. The number of hydrogen-bond acceptors (Lipinski definition) is 6. The molecule has 0 unspecified atom stereocenters. The lowest BCUT2D eigenvalue weighted by Gasteiger charge is -1.99. The molecule has 0 saturated carbocycles. The van der Waals surface area contributed by atoms with Crippen LogP contribution in [0.2, 0.25) is 0 Å². The molecule has 0 spiro atoms. The van der Waals surface area contributed by atoms with Crippen molar-refractivity contribution < 1.29 is 4.74 Å². The van der Waals surface area contributed by atoms with Gasteiger partial charge in [-0.2, -0.15) is 9.36 Å². The maximum atomic E-state index is 4.95. The standard InChI is InChI=1S/C10H11BrN4OS/c1-16-6-5-13-10-14-9(15-17-10)8-7(11)3-2-4-12-8/h2-4H,5-6H2,1H3,(H,13,14,15). The third kappa shape index (κ3) is 3.21. The van der Waals surface area contributed by atoms with Crippen LogP contribution in [0.25, 0.3) is 11.5 Å². The zero-order chi connectivity index (χ0) is 12.1. The van der Waals surface area contributed by atoms with Gasteiger partial charge in [0, 0.05) is 35.9 Å². The third-order valence-corrected chi connectivity index (χ3v) is 3.29. The van der Waals surface area contributed by atoms with Crippen molar-refractivity contribution in [3.63, 3.8) is 0 Å². The van der Waals surface area contributed by atoms with Gasteiger partial charge < -0.3 is 10.1 Å². The normalized spacial score (nSPS) is 10.5. The van der Waals surface area contributed by atoms with Crippen molar-refractivity contribution in [1.82, 2.24) is 14.3 Å². The highest BCUT2D eigenvalue weighted by atomic mass is 79.9. The number of pyridine rings is 1. The van der Waals surface area contributed by atoms with E-state index in [0.717, 1.165) is 15.3 Å². The van der Waals surface area contributed by atoms with Crippen LogP contribution in [0, 0.1) is 0 Å². The van der Waals surface area contributed by atoms with E-state index in [9.17, 15) is 0 Å². The van der Waals surface area contributed by atoms with Gasteiger partial charge in [-0.15, -0.1) is 0 Å². The molecule has 0 radical (unpaired) electrons. The molecular weight excluding hydrogens is 304 g/mol. The third-order valence-electron chi connectivity index (χ3n) is 1.98. The summed E-state index contributed by atoms with van der Waals surface area (Å²) >= 11 is 4.74. The Morgan fingerprint density at radius 1 is 1.53 bits per heavy atom. The number of nitrogens with one attached hydrogen (secondary N) is 1. The quantitative estimate of drug-likeness (QED) is 0.859. The molecule has 0 bridgehead atoms. The number of aromatic nitrogens is 3. The van der Waals surface area contributed by atoms with E-state index >= 15 is 0 Å². The lowest BCUT2D eigenvalue weighted by Crippen LogP contribution is -2.07. The van der Waals surface area contributed by atoms with Crippen LogP contribution < -0.4 is 5.32 Å². The summed E-state index contributed by atoms with van der Waals surface area (Å²) < 4.78 is 10.1. The lowest BCUT2D eigenvalue weighted by atomic mass is 10.3. The Kier molecular flexibility index (Phi) is 4.41. The number of ether oxygens (including phenoxy) is 1. The van der Waals surface area contributed by atoms with Crippen molar-refractivity contribution in [2.45, 2.75) is 0 Å². The zero-order valence-corrected chi connectivity index (χ0v) is 11.6. The fourth-order valence-corrected chi connectivity index (χ4v) is 2.23. The topological polar surface area (TPSA) is 59.9 Å². The molecule has 0 aliphatic heterocycles. The highest BCUT2D eigenvalue weighted by Crippen LogP contribution is 2.25. The van der Waals surface area contributed by atoms with Crippen LogP contribution in [0.3, 0.4) is 0 Å². The van der Waals surface area contributed by atoms with Gasteiger partial charge in [0.05, 0.1) is 6.61 Å². The Labute approximate surface area is 112 Å². The second kappa shape index (κ2) is 6.04. The maximum absolute atomic E-state index is 4.95. The molecule has 0 atom stereocenters. The van der Waals surface area contributed by atoms with Crippen LogP contribution in [0.15, 0.2) is 22.8 Å². The summed E-state index contributed by atoms with van der Waals surface area (Å²) in [6.45, 7) is 1.36. The van der Waals surface area contributed by atoms with Gasteiger partial charge in [-0.25, -0.2) is 0 Å². The first-order chi connectivity index (χ1) is 8.31. The molecule has 1 N–H and O–H groups in total. The van der Waals surface area contributed by atoms with Gasteiger partial charge in [-0.05, 0) is 28.1 Å². The monoisotopic (exact) mass is 314 g/mol. The van der Waals surface area contributed by atoms with Crippen LogP contribution in [0.1, 0.15) is 0 Å². The van der Waals surface area contributed by atoms with Crippen LogP contribution in [-0.2, 0) is 4.74 Å². The number of halogens is 1. The second-order valence-electron chi connectivity index (χ2n) is 3.18. The molecule has 0 aromatic carbocycles. The van der Waals surface area contributed by atoms with Crippen LogP contribution in [0.5, 0.6) is 0 Å². The van der Waals surface area contributed by atoms with Crippen molar-refractivity contribution in [3.05, 3.63) is 22.8 Å². The van der Waals surface area contributed by atoms with Crippen molar-refractivity contribution in [2.75, 3.05) is 25.6 Å². The molecule has 5 nitrogen and oxygen atoms in total. The minimum absolute atomic E-state index is 0.627. The van der Waals surface area contributed by atoms with Gasteiger partial charge in [-0.3, -0.25) is 4.98 Å². The highest BCUT2D eigenvalue weighted by molar-refractivity contribution is 9.10. The van der Waals surface area contributed by atoms with Gasteiger partial charge in [0.1, 0.15) is 5.69 Å². The van der Waals surface area contributed by atoms with Crippen molar-refractivity contribution >= 4 is 32.6 Å². The number of rotatable bonds is 5. The summed E-state index contributed by atoms with van der Waals surface area (Å²) in [7, 11) is 1.66. The minimum atomic E-state index is 0.627. The predicted octanol–water partition coefficient (Wildman–Crippen LogP) is 2.42. The maximum Gasteiger partial charge on any atom is 0.203 e. The van der Waals surface area contributed by atoms with Crippen molar-refractivity contribution in [2.24, 2.45) is 0 Å². The summed E-state index contributed by atoms with van der Waals surface area (Å²) in [6.07, 6.45) is 1.72. The van der Waals surface area contributed by atoms with E-state index < -0.39 is 0 Å². The molecule has 2 aromatic heterocycles. The lowest BCUT2D eigenvalue weighted by molar-refractivity contribution is 0.211. The molecule has 0 saturated heterocycles. The summed E-state index contributed by atoms with van der Waals surface area (Å²) in [4.78, 5) is 8.60. The Bertz CT molecular complexity index is 491. The number of anilines is 1. The first kappa shape index (κ1) is 12.4. The van der Waals surface area contributed by atoms with Gasteiger partial charge in [-0.1, -0.05) is 0 Å². The molecule has 0 aliphatic rings. The Morgan fingerprint density at radius 2 is 2.41 bits per heavy atom. The molecule has 2 rings (SSSR count). The first-order valence-corrected chi connectivity index (χ1v) is 6.55. The number of hydrogen-bond donors (Lipinski definition) is 1. The molecular formula is C10H11BrN4OS. The largest absolute Gasteiger partial charge is 0.383 e. The molecule has 7 heteroatoms. The van der Waals surface area contributed by atoms with Gasteiger partial charge in [0.15, 0.2) is 5.82 Å². The molecule has 0 amide bonds. The van der Waals surface area contributed by atoms with Crippen molar-refractivity contribution in [3.8, 4) is 11.5 Å². The fraction of sp³-hybridized carbons (Fsp3) is 0.300. The van der Waals surface area contributed by atoms with E-state index in [1.807, 2.05) is 12.1 Å². The molecule has 2 heterocycles. The second-order valence-corrected chi connectivity index (χ2v) is 4.78. The minimum Gasteiger partial charge on any atom is -0.383 e. The molecule has 2 aromatic rings. The van der Waals surface area contributed by atoms with E-state index in [1.54, 1.807) is 13.3 Å². The average Bonchev–Trinajstić information content (AvgIpc) is 2.79. The highest BCUT2D eigenvalue weighted by Gasteiger charge is 2.10. The Balaban J connectivity index is 2.10. The van der Waals surface area contributed by atoms with Gasteiger partial charge >= 0.3 is 0 Å². The fourth-order valence-electron chi connectivity index (χ4n) is 1.20. The first-order valence-electron chi connectivity index (χ1n) is 4.98. The number of methoxy groups -OCH3 is 1. The summed E-state index contributed by atoms with van der Waals surface area (Å²) in [5.41, 5.74) is 0.753. The Hall–Kier alpha value is -1.05. The Morgan fingerprint density at radius 3 is 3.18 bits per heavy atom. The van der Waals surface area contributed by atoms with Crippen LogP contribution in [-0.4, -0.2) is 34.6 Å². The summed E-state index contributed by atoms with van der Waals surface area (Å²) in [5, 5.41) is 3.90. The van der Waals surface area contributed by atoms with Crippen molar-refractivity contribution in [1.29, 1.82) is 0 Å². The van der Waals surface area contributed by atoms with E-state index in [0.29, 0.717) is 19.0 Å². The van der Waals surface area contributed by atoms with Crippen LogP contribution in [0.4, 0.5) is 5.13 Å². The van der Waals surface area contributed by atoms with E-state index in [1.165, 1.54) is 11.5 Å². The molecule has 17 heavy (non-hydrogen) atoms. The van der Waals surface area contributed by atoms with Gasteiger partial charge in [0.2, 0.25) is 5.13 Å². The van der Waals surface area contributed by atoms with Crippen LogP contribution >= 0.6 is 27.5 Å².